The third kappa shape index (κ3) is 2.63. The van der Waals surface area contributed by atoms with Crippen LogP contribution in [-0.4, -0.2) is 46.1 Å². The monoisotopic (exact) mass is 254 g/mol. The van der Waals surface area contributed by atoms with Gasteiger partial charge >= 0.3 is 5.97 Å². The van der Waals surface area contributed by atoms with Crippen molar-refractivity contribution in [3.05, 3.63) is 0 Å². The molecule has 6 heteroatoms. The van der Waals surface area contributed by atoms with Gasteiger partial charge in [-0.2, -0.15) is 0 Å². The zero-order chi connectivity index (χ0) is 10.0. The van der Waals surface area contributed by atoms with Crippen molar-refractivity contribution in [3.8, 4) is 0 Å². The van der Waals surface area contributed by atoms with Crippen molar-refractivity contribution in [1.29, 1.82) is 0 Å². The third-order valence-electron chi connectivity index (χ3n) is 1.72. The highest BCUT2D eigenvalue weighted by Crippen LogP contribution is 2.22. The van der Waals surface area contributed by atoms with Gasteiger partial charge in [0, 0.05) is 6.92 Å². The molecule has 0 aliphatic carbocycles. The summed E-state index contributed by atoms with van der Waals surface area (Å²) in [5, 5.41) is 18.0. The van der Waals surface area contributed by atoms with Crippen LogP contribution in [-0.2, 0) is 14.3 Å². The first kappa shape index (κ1) is 10.9. The van der Waals surface area contributed by atoms with E-state index < -0.39 is 29.3 Å². The Bertz CT molecular complexity index is 197. The number of hydrogen-bond donors (Lipinski definition) is 2. The molecule has 0 unspecified atom stereocenters. The number of ether oxygens (including phenoxy) is 2. The summed E-state index contributed by atoms with van der Waals surface area (Å²) in [7, 11) is 0. The number of hydrogen-bond acceptors (Lipinski definition) is 5. The first-order valence-corrected chi connectivity index (χ1v) is 4.73. The summed E-state index contributed by atoms with van der Waals surface area (Å²) in [5.41, 5.74) is 0. The van der Waals surface area contributed by atoms with Crippen LogP contribution in [0.2, 0.25) is 0 Å². The topological polar surface area (TPSA) is 76.0 Å². The van der Waals surface area contributed by atoms with E-state index in [0.717, 1.165) is 0 Å². The average Bonchev–Trinajstić information content (AvgIpc) is 2.05. The van der Waals surface area contributed by atoms with Crippen LogP contribution in [0.4, 0.5) is 0 Å². The van der Waals surface area contributed by atoms with Gasteiger partial charge in [-0.3, -0.25) is 4.79 Å². The van der Waals surface area contributed by atoms with E-state index in [4.69, 9.17) is 9.47 Å². The molecule has 4 atom stereocenters. The lowest BCUT2D eigenvalue weighted by Gasteiger charge is -2.34. The number of alkyl halides is 1. The molecular weight excluding hydrogens is 244 g/mol. The zero-order valence-electron chi connectivity index (χ0n) is 7.01. The van der Waals surface area contributed by atoms with E-state index in [1.54, 1.807) is 0 Å². The van der Waals surface area contributed by atoms with E-state index in [1.165, 1.54) is 6.92 Å². The van der Waals surface area contributed by atoms with E-state index in [-0.39, 0.29) is 6.61 Å². The Morgan fingerprint density at radius 1 is 1.62 bits per heavy atom. The number of carbonyl (C=O) groups is 1. The lowest BCUT2D eigenvalue weighted by molar-refractivity contribution is -0.188. The standard InChI is InChI=1S/C7H11BrO5/c1-3(9)13-6-5(11)4(10)2-12-7(6)8/h4-7,10-11H,2H2,1H3/t4-,5+,6-,7+/m1/s1. The summed E-state index contributed by atoms with van der Waals surface area (Å²) in [4.78, 5) is 10.6. The van der Waals surface area contributed by atoms with E-state index in [9.17, 15) is 15.0 Å². The molecule has 1 aliphatic rings. The predicted octanol–water partition coefficient (Wildman–Crippen LogP) is -0.609. The molecule has 2 N–H and O–H groups in total. The second-order valence-electron chi connectivity index (χ2n) is 2.82. The molecule has 0 aromatic heterocycles. The molecule has 76 valence electrons. The Morgan fingerprint density at radius 2 is 2.23 bits per heavy atom. The van der Waals surface area contributed by atoms with Gasteiger partial charge in [0.25, 0.3) is 0 Å². The minimum Gasteiger partial charge on any atom is -0.456 e. The number of esters is 1. The van der Waals surface area contributed by atoms with E-state index in [0.29, 0.717) is 0 Å². The molecule has 1 aliphatic heterocycles. The van der Waals surface area contributed by atoms with Crippen LogP contribution in [0.5, 0.6) is 0 Å². The second-order valence-corrected chi connectivity index (χ2v) is 3.72. The van der Waals surface area contributed by atoms with Crippen molar-refractivity contribution in [3.63, 3.8) is 0 Å². The zero-order valence-corrected chi connectivity index (χ0v) is 8.60. The van der Waals surface area contributed by atoms with Crippen LogP contribution < -0.4 is 0 Å². The molecule has 1 saturated heterocycles. The minimum absolute atomic E-state index is 0.0227. The van der Waals surface area contributed by atoms with E-state index in [1.807, 2.05) is 0 Å². The molecular formula is C7H11BrO5. The first-order valence-electron chi connectivity index (χ1n) is 3.81. The highest BCUT2D eigenvalue weighted by Gasteiger charge is 2.39. The van der Waals surface area contributed by atoms with E-state index in [2.05, 4.69) is 15.9 Å². The Morgan fingerprint density at radius 3 is 2.77 bits per heavy atom. The fourth-order valence-corrected chi connectivity index (χ4v) is 1.65. The molecule has 1 heterocycles. The van der Waals surface area contributed by atoms with Gasteiger partial charge in [0.2, 0.25) is 0 Å². The number of carbonyl (C=O) groups excluding carboxylic acids is 1. The lowest BCUT2D eigenvalue weighted by atomic mass is 10.1. The number of aliphatic hydroxyl groups is 2. The molecule has 0 amide bonds. The van der Waals surface area contributed by atoms with Crippen molar-refractivity contribution >= 4 is 21.9 Å². The maximum Gasteiger partial charge on any atom is 0.303 e. The van der Waals surface area contributed by atoms with Gasteiger partial charge in [0.05, 0.1) is 6.61 Å². The number of aliphatic hydroxyl groups excluding tert-OH is 2. The van der Waals surface area contributed by atoms with Crippen molar-refractivity contribution < 1.29 is 24.5 Å². The third-order valence-corrected chi connectivity index (χ3v) is 2.50. The van der Waals surface area contributed by atoms with Crippen molar-refractivity contribution in [2.24, 2.45) is 0 Å². The van der Waals surface area contributed by atoms with Gasteiger partial charge in [-0.25, -0.2) is 0 Å². The average molecular weight is 255 g/mol. The van der Waals surface area contributed by atoms with Crippen molar-refractivity contribution in [2.45, 2.75) is 30.2 Å². The summed E-state index contributed by atoms with van der Waals surface area (Å²) in [6, 6.07) is 0. The van der Waals surface area contributed by atoms with Gasteiger partial charge in [0.15, 0.2) is 11.1 Å². The molecule has 13 heavy (non-hydrogen) atoms. The summed E-state index contributed by atoms with van der Waals surface area (Å²) in [5.74, 6) is -0.522. The molecule has 0 bridgehead atoms. The van der Waals surface area contributed by atoms with Crippen LogP contribution in [0.25, 0.3) is 0 Å². The summed E-state index contributed by atoms with van der Waals surface area (Å²) < 4.78 is 9.77. The van der Waals surface area contributed by atoms with Gasteiger partial charge in [-0.15, -0.1) is 0 Å². The van der Waals surface area contributed by atoms with Gasteiger partial charge in [0.1, 0.15) is 12.2 Å². The highest BCUT2D eigenvalue weighted by atomic mass is 79.9. The summed E-state index contributed by atoms with van der Waals surface area (Å²) >= 11 is 3.08. The van der Waals surface area contributed by atoms with Crippen LogP contribution in [0.3, 0.4) is 0 Å². The Labute approximate surface area is 83.8 Å². The number of rotatable bonds is 1. The second kappa shape index (κ2) is 4.36. The molecule has 0 radical (unpaired) electrons. The Balaban J connectivity index is 2.60. The van der Waals surface area contributed by atoms with Gasteiger partial charge in [-0.1, -0.05) is 15.9 Å². The van der Waals surface area contributed by atoms with Crippen LogP contribution in [0.15, 0.2) is 0 Å². The molecule has 0 aromatic carbocycles. The van der Waals surface area contributed by atoms with Gasteiger partial charge in [-0.05, 0) is 0 Å². The molecule has 0 saturated carbocycles. The molecule has 0 aromatic rings. The van der Waals surface area contributed by atoms with Gasteiger partial charge < -0.3 is 19.7 Å². The van der Waals surface area contributed by atoms with Crippen LogP contribution >= 0.6 is 15.9 Å². The van der Waals surface area contributed by atoms with E-state index >= 15 is 0 Å². The van der Waals surface area contributed by atoms with Crippen LogP contribution in [0, 0.1) is 0 Å². The highest BCUT2D eigenvalue weighted by molar-refractivity contribution is 9.09. The van der Waals surface area contributed by atoms with Crippen molar-refractivity contribution in [1.82, 2.24) is 0 Å². The number of halogens is 1. The summed E-state index contributed by atoms with van der Waals surface area (Å²) in [6.07, 6.45) is -2.98. The summed E-state index contributed by atoms with van der Waals surface area (Å²) in [6.45, 7) is 1.25. The quantitative estimate of drug-likeness (QED) is 0.483. The molecule has 0 spiro atoms. The SMILES string of the molecule is CC(=O)O[C@@H]1[C@@H](O)[C@H](O)CO[C@@H]1Br. The molecule has 1 rings (SSSR count). The molecule has 1 fully saturated rings. The Kier molecular flexibility index (Phi) is 3.66. The maximum atomic E-state index is 10.6. The molecule has 5 nitrogen and oxygen atoms in total. The normalized spacial score (nSPS) is 40.0. The smallest absolute Gasteiger partial charge is 0.303 e. The fraction of sp³-hybridized carbons (Fsp3) is 0.857. The van der Waals surface area contributed by atoms with Crippen molar-refractivity contribution in [2.75, 3.05) is 6.61 Å². The first-order chi connectivity index (χ1) is 6.02. The largest absolute Gasteiger partial charge is 0.456 e. The lowest BCUT2D eigenvalue weighted by Crippen LogP contribution is -2.52. The van der Waals surface area contributed by atoms with Crippen LogP contribution in [0.1, 0.15) is 6.92 Å². The predicted molar refractivity (Wildman–Crippen MR) is 46.2 cm³/mol. The fourth-order valence-electron chi connectivity index (χ4n) is 1.07. The minimum atomic E-state index is -1.11. The Hall–Kier alpha value is -0.170. The maximum absolute atomic E-state index is 10.6.